The Morgan fingerprint density at radius 3 is 1.96 bits per heavy atom. The van der Waals surface area contributed by atoms with Crippen LogP contribution in [0.25, 0.3) is 0 Å². The monoisotopic (exact) mass is 444 g/mol. The van der Waals surface area contributed by atoms with Crippen molar-refractivity contribution in [2.75, 3.05) is 4.43 Å². The summed E-state index contributed by atoms with van der Waals surface area (Å²) in [6, 6.07) is 4.26. The molecule has 0 heterocycles. The first-order chi connectivity index (χ1) is 11.6. The molecule has 1 aromatic carbocycles. The molecule has 0 aromatic heterocycles. The summed E-state index contributed by atoms with van der Waals surface area (Å²) in [7, 11) is 0. The number of phenolic OH excluding ortho intramolecular Hbond substituents is 1. The second-order valence-electron chi connectivity index (χ2n) is 7.34. The summed E-state index contributed by atoms with van der Waals surface area (Å²) in [5, 5.41) is 10.4. The predicted octanol–water partition coefficient (Wildman–Crippen LogP) is 7.84. The van der Waals surface area contributed by atoms with Gasteiger partial charge in [0.2, 0.25) is 0 Å². The van der Waals surface area contributed by atoms with E-state index in [0.717, 1.165) is 15.6 Å². The topological polar surface area (TPSA) is 20.2 Å². The van der Waals surface area contributed by atoms with Gasteiger partial charge in [-0.1, -0.05) is 111 Å². The Bertz CT molecular complexity index is 456. The number of rotatable bonds is 13. The van der Waals surface area contributed by atoms with Crippen LogP contribution in [0.4, 0.5) is 0 Å². The molecular weight excluding hydrogens is 407 g/mol. The third-order valence-corrected chi connectivity index (χ3v) is 6.07. The second kappa shape index (κ2) is 13.0. The minimum absolute atomic E-state index is 0.498. The molecule has 1 rings (SSSR count). The number of hydrogen-bond acceptors (Lipinski definition) is 1. The number of hydrogen-bond donors (Lipinski definition) is 1. The van der Waals surface area contributed by atoms with E-state index in [1.54, 1.807) is 0 Å². The summed E-state index contributed by atoms with van der Waals surface area (Å²) in [4.78, 5) is 0. The van der Waals surface area contributed by atoms with E-state index < -0.39 is 0 Å². The molecule has 1 N–H and O–H groups in total. The van der Waals surface area contributed by atoms with E-state index in [1.807, 2.05) is 6.92 Å². The van der Waals surface area contributed by atoms with Crippen LogP contribution in [0, 0.1) is 13.8 Å². The highest BCUT2D eigenvalue weighted by Gasteiger charge is 2.16. The number of unbranched alkanes of at least 4 members (excludes halogenated alkanes) is 9. The van der Waals surface area contributed by atoms with Gasteiger partial charge in [-0.25, -0.2) is 0 Å². The predicted molar refractivity (Wildman–Crippen MR) is 116 cm³/mol. The van der Waals surface area contributed by atoms with Crippen molar-refractivity contribution in [2.45, 2.75) is 97.3 Å². The molecule has 0 bridgehead atoms. The molecule has 0 amide bonds. The van der Waals surface area contributed by atoms with Crippen molar-refractivity contribution in [1.29, 1.82) is 0 Å². The fourth-order valence-electron chi connectivity index (χ4n) is 3.50. The Labute approximate surface area is 163 Å². The highest BCUT2D eigenvalue weighted by atomic mass is 127. The number of halogens is 1. The minimum atomic E-state index is 0.498. The maximum Gasteiger partial charge on any atom is 0.121 e. The lowest BCUT2D eigenvalue weighted by Crippen LogP contribution is -2.02. The van der Waals surface area contributed by atoms with Crippen LogP contribution in [0.15, 0.2) is 12.1 Å². The zero-order chi connectivity index (χ0) is 17.8. The maximum absolute atomic E-state index is 10.4. The largest absolute Gasteiger partial charge is 0.507 e. The molecule has 1 nitrogen and oxygen atoms in total. The van der Waals surface area contributed by atoms with Gasteiger partial charge >= 0.3 is 0 Å². The summed E-state index contributed by atoms with van der Waals surface area (Å²) in [6.07, 6.45) is 15.0. The van der Waals surface area contributed by atoms with Crippen LogP contribution in [0.3, 0.4) is 0 Å². The van der Waals surface area contributed by atoms with Crippen LogP contribution in [0.2, 0.25) is 0 Å². The van der Waals surface area contributed by atoms with Gasteiger partial charge in [-0.2, -0.15) is 0 Å². The van der Waals surface area contributed by atoms with Gasteiger partial charge in [0, 0.05) is 4.43 Å². The number of aryl methyl sites for hydroxylation is 2. The molecule has 138 valence electrons. The minimum Gasteiger partial charge on any atom is -0.507 e. The molecule has 1 atom stereocenters. The van der Waals surface area contributed by atoms with E-state index >= 15 is 0 Å². The van der Waals surface area contributed by atoms with Crippen LogP contribution in [-0.2, 0) is 0 Å². The number of phenols is 1. The van der Waals surface area contributed by atoms with Gasteiger partial charge in [-0.05, 0) is 37.3 Å². The molecule has 0 aliphatic rings. The van der Waals surface area contributed by atoms with Crippen LogP contribution in [0.5, 0.6) is 5.75 Å². The highest BCUT2D eigenvalue weighted by Crippen LogP contribution is 2.34. The molecule has 2 heteroatoms. The van der Waals surface area contributed by atoms with E-state index in [9.17, 15) is 5.11 Å². The van der Waals surface area contributed by atoms with Gasteiger partial charge in [0.25, 0.3) is 0 Å². The summed E-state index contributed by atoms with van der Waals surface area (Å²) < 4.78 is 1.09. The molecular formula is C22H37IO. The van der Waals surface area contributed by atoms with E-state index in [1.165, 1.54) is 76.2 Å². The molecule has 1 aromatic rings. The third kappa shape index (κ3) is 8.22. The number of benzene rings is 1. The van der Waals surface area contributed by atoms with Gasteiger partial charge < -0.3 is 5.11 Å². The zero-order valence-corrected chi connectivity index (χ0v) is 18.2. The lowest BCUT2D eigenvalue weighted by atomic mass is 9.91. The van der Waals surface area contributed by atoms with Gasteiger partial charge in [0.05, 0.1) is 0 Å². The Morgan fingerprint density at radius 2 is 1.42 bits per heavy atom. The highest BCUT2D eigenvalue weighted by molar-refractivity contribution is 14.1. The molecule has 0 spiro atoms. The van der Waals surface area contributed by atoms with Crippen LogP contribution in [0.1, 0.15) is 100 Å². The average Bonchev–Trinajstić information content (AvgIpc) is 2.56. The quantitative estimate of drug-likeness (QED) is 0.187. The van der Waals surface area contributed by atoms with Crippen molar-refractivity contribution < 1.29 is 5.11 Å². The van der Waals surface area contributed by atoms with E-state index in [2.05, 4.69) is 48.6 Å². The van der Waals surface area contributed by atoms with Crippen molar-refractivity contribution in [2.24, 2.45) is 0 Å². The Morgan fingerprint density at radius 1 is 0.875 bits per heavy atom. The summed E-state index contributed by atoms with van der Waals surface area (Å²) in [5.74, 6) is 1.02. The lowest BCUT2D eigenvalue weighted by Gasteiger charge is -2.18. The van der Waals surface area contributed by atoms with Crippen LogP contribution < -0.4 is 0 Å². The molecule has 0 fully saturated rings. The van der Waals surface area contributed by atoms with Gasteiger partial charge in [0.15, 0.2) is 0 Å². The molecule has 1 unspecified atom stereocenters. The van der Waals surface area contributed by atoms with Gasteiger partial charge in [0.1, 0.15) is 5.75 Å². The Kier molecular flexibility index (Phi) is 11.8. The fourth-order valence-corrected chi connectivity index (χ4v) is 4.41. The molecule has 0 aliphatic carbocycles. The Hall–Kier alpha value is -0.250. The lowest BCUT2D eigenvalue weighted by molar-refractivity contribution is 0.454. The van der Waals surface area contributed by atoms with Gasteiger partial charge in [-0.15, -0.1) is 0 Å². The van der Waals surface area contributed by atoms with Crippen molar-refractivity contribution in [3.05, 3.63) is 28.8 Å². The summed E-state index contributed by atoms with van der Waals surface area (Å²) >= 11 is 2.47. The normalized spacial score (nSPS) is 12.5. The smallest absolute Gasteiger partial charge is 0.121 e. The maximum atomic E-state index is 10.4. The number of aromatic hydroxyl groups is 1. The van der Waals surface area contributed by atoms with Crippen LogP contribution in [-0.4, -0.2) is 9.53 Å². The second-order valence-corrected chi connectivity index (χ2v) is 8.22. The van der Waals surface area contributed by atoms with Gasteiger partial charge in [-0.3, -0.25) is 0 Å². The molecule has 0 saturated carbocycles. The van der Waals surface area contributed by atoms with Crippen molar-refractivity contribution in [3.63, 3.8) is 0 Å². The zero-order valence-electron chi connectivity index (χ0n) is 16.0. The first-order valence-corrected chi connectivity index (χ1v) is 11.5. The SMILES string of the molecule is CCCCCCCCCCCCC(CI)c1cc(C)cc(C)c1O. The fraction of sp³-hybridized carbons (Fsp3) is 0.727. The molecule has 0 aliphatic heterocycles. The standard InChI is InChI=1S/C22H37IO/c1-4-5-6-7-8-9-10-11-12-13-14-20(17-23)21-16-18(2)15-19(3)22(21)24/h15-16,20,24H,4-14,17H2,1-3H3. The Balaban J connectivity index is 2.23. The van der Waals surface area contributed by atoms with E-state index in [-0.39, 0.29) is 0 Å². The van der Waals surface area contributed by atoms with Crippen molar-refractivity contribution in [1.82, 2.24) is 0 Å². The molecule has 0 radical (unpaired) electrons. The van der Waals surface area contributed by atoms with Crippen molar-refractivity contribution in [3.8, 4) is 5.75 Å². The van der Waals surface area contributed by atoms with Crippen LogP contribution >= 0.6 is 22.6 Å². The van der Waals surface area contributed by atoms with Crippen molar-refractivity contribution >= 4 is 22.6 Å². The summed E-state index contributed by atoms with van der Waals surface area (Å²) in [6.45, 7) is 6.41. The number of alkyl halides is 1. The molecule has 24 heavy (non-hydrogen) atoms. The first-order valence-electron chi connectivity index (χ1n) is 9.96. The van der Waals surface area contributed by atoms with E-state index in [0.29, 0.717) is 11.7 Å². The molecule has 0 saturated heterocycles. The third-order valence-electron chi connectivity index (χ3n) is 5.01. The summed E-state index contributed by atoms with van der Waals surface area (Å²) in [5.41, 5.74) is 3.44. The first kappa shape index (κ1) is 21.8. The average molecular weight is 444 g/mol. The van der Waals surface area contributed by atoms with E-state index in [4.69, 9.17) is 0 Å².